The Balaban J connectivity index is 1.33. The van der Waals surface area contributed by atoms with E-state index in [-0.39, 0.29) is 11.5 Å². The fourth-order valence-corrected chi connectivity index (χ4v) is 7.57. The SMILES string of the molecule is CC1(C)c2ccccc2-c2cc3c(-c4ccc(C5C=CC=CN5)nc4)c4ccccc4c(-c4ccc(-c5ccccn5)nc4)c3cc21. The van der Waals surface area contributed by atoms with Crippen LogP contribution in [0.3, 0.4) is 0 Å². The molecule has 2 aliphatic rings. The number of benzene rings is 4. The minimum atomic E-state index is -0.123. The summed E-state index contributed by atoms with van der Waals surface area (Å²) in [5.74, 6) is 0. The average molecular weight is 605 g/mol. The first kappa shape index (κ1) is 27.4. The van der Waals surface area contributed by atoms with Crippen LogP contribution in [0, 0.1) is 0 Å². The molecule has 7 aromatic rings. The monoisotopic (exact) mass is 604 g/mol. The zero-order valence-electron chi connectivity index (χ0n) is 26.3. The molecule has 0 spiro atoms. The highest BCUT2D eigenvalue weighted by Crippen LogP contribution is 2.53. The van der Waals surface area contributed by atoms with Gasteiger partial charge in [0, 0.05) is 35.1 Å². The lowest BCUT2D eigenvalue weighted by Crippen LogP contribution is -2.16. The fraction of sp³-hybridized carbons (Fsp3) is 0.0930. The van der Waals surface area contributed by atoms with Crippen LogP contribution in [-0.2, 0) is 5.41 Å². The van der Waals surface area contributed by atoms with Crippen LogP contribution >= 0.6 is 0 Å². The molecule has 4 nitrogen and oxygen atoms in total. The van der Waals surface area contributed by atoms with Crippen molar-refractivity contribution >= 4 is 21.5 Å². The van der Waals surface area contributed by atoms with E-state index in [1.807, 2.05) is 49.1 Å². The van der Waals surface area contributed by atoms with Gasteiger partial charge in [-0.05, 0) is 104 Å². The molecule has 0 amide bonds. The molecule has 1 aliphatic carbocycles. The number of allylic oxidation sites excluding steroid dienone is 2. The maximum Gasteiger partial charge on any atom is 0.0886 e. The molecule has 0 bridgehead atoms. The van der Waals surface area contributed by atoms with E-state index in [1.165, 1.54) is 54.9 Å². The van der Waals surface area contributed by atoms with Gasteiger partial charge in [-0.3, -0.25) is 15.0 Å². The number of hydrogen-bond acceptors (Lipinski definition) is 4. The van der Waals surface area contributed by atoms with E-state index >= 15 is 0 Å². The van der Waals surface area contributed by atoms with Gasteiger partial charge in [0.25, 0.3) is 0 Å². The van der Waals surface area contributed by atoms with Crippen molar-refractivity contribution < 1.29 is 0 Å². The van der Waals surface area contributed by atoms with Gasteiger partial charge < -0.3 is 5.32 Å². The third kappa shape index (κ3) is 4.33. The van der Waals surface area contributed by atoms with Crippen molar-refractivity contribution in [2.45, 2.75) is 25.3 Å². The largest absolute Gasteiger partial charge is 0.379 e. The zero-order valence-corrected chi connectivity index (χ0v) is 26.3. The number of rotatable bonds is 4. The molecule has 4 heteroatoms. The number of fused-ring (bicyclic) bond motifs is 5. The number of nitrogens with zero attached hydrogens (tertiary/aromatic N) is 3. The first-order chi connectivity index (χ1) is 23.1. The zero-order chi connectivity index (χ0) is 31.5. The van der Waals surface area contributed by atoms with Crippen molar-refractivity contribution in [3.05, 3.63) is 163 Å². The quantitative estimate of drug-likeness (QED) is 0.203. The Hall–Kier alpha value is -5.87. The molecule has 0 fully saturated rings. The minimum Gasteiger partial charge on any atom is -0.379 e. The van der Waals surface area contributed by atoms with E-state index in [2.05, 4.69) is 121 Å². The van der Waals surface area contributed by atoms with Gasteiger partial charge in [0.05, 0.1) is 23.1 Å². The second-order valence-corrected chi connectivity index (χ2v) is 12.9. The van der Waals surface area contributed by atoms with Crippen LogP contribution in [0.4, 0.5) is 0 Å². The highest BCUT2D eigenvalue weighted by Gasteiger charge is 2.36. The van der Waals surface area contributed by atoms with Crippen molar-refractivity contribution in [3.8, 4) is 44.8 Å². The minimum absolute atomic E-state index is 0.0634. The molecule has 0 saturated carbocycles. The van der Waals surface area contributed by atoms with Gasteiger partial charge in [-0.2, -0.15) is 0 Å². The Morgan fingerprint density at radius 3 is 1.96 bits per heavy atom. The van der Waals surface area contributed by atoms with E-state index in [0.717, 1.165) is 28.2 Å². The third-order valence-electron chi connectivity index (χ3n) is 9.89. The number of dihydropyridines is 1. The van der Waals surface area contributed by atoms with E-state index in [0.29, 0.717) is 0 Å². The molecule has 4 aromatic carbocycles. The second kappa shape index (κ2) is 10.6. The molecular weight excluding hydrogens is 573 g/mol. The first-order valence-corrected chi connectivity index (χ1v) is 16.1. The maximum atomic E-state index is 4.98. The topological polar surface area (TPSA) is 50.7 Å². The van der Waals surface area contributed by atoms with Crippen LogP contribution in [0.1, 0.15) is 36.7 Å². The smallest absolute Gasteiger partial charge is 0.0886 e. The van der Waals surface area contributed by atoms with Crippen LogP contribution in [0.2, 0.25) is 0 Å². The summed E-state index contributed by atoms with van der Waals surface area (Å²) in [5, 5.41) is 8.23. The summed E-state index contributed by atoms with van der Waals surface area (Å²) in [4.78, 5) is 14.4. The predicted octanol–water partition coefficient (Wildman–Crippen LogP) is 10.2. The Kier molecular flexibility index (Phi) is 6.19. The molecule has 0 saturated heterocycles. The lowest BCUT2D eigenvalue weighted by atomic mass is 9.80. The summed E-state index contributed by atoms with van der Waals surface area (Å²) >= 11 is 0. The van der Waals surface area contributed by atoms with Gasteiger partial charge in [0.15, 0.2) is 0 Å². The Morgan fingerprint density at radius 1 is 0.574 bits per heavy atom. The lowest BCUT2D eigenvalue weighted by molar-refractivity contribution is 0.661. The summed E-state index contributed by atoms with van der Waals surface area (Å²) in [7, 11) is 0. The molecule has 224 valence electrons. The molecule has 1 aliphatic heterocycles. The van der Waals surface area contributed by atoms with Gasteiger partial charge >= 0.3 is 0 Å². The highest BCUT2D eigenvalue weighted by molar-refractivity contribution is 6.22. The summed E-state index contributed by atoms with van der Waals surface area (Å²) in [5.41, 5.74) is 12.5. The maximum absolute atomic E-state index is 4.98. The summed E-state index contributed by atoms with van der Waals surface area (Å²) in [6.45, 7) is 4.69. The number of hydrogen-bond donors (Lipinski definition) is 1. The molecule has 9 rings (SSSR count). The van der Waals surface area contributed by atoms with E-state index < -0.39 is 0 Å². The molecule has 1 N–H and O–H groups in total. The number of pyridine rings is 3. The predicted molar refractivity (Wildman–Crippen MR) is 193 cm³/mol. The Bertz CT molecular complexity index is 2390. The standard InChI is InChI=1S/C43H32N4/c1-43(2)35-14-6-5-11-29(35)32-23-33-34(24-36(32)43)42(28-18-20-40(47-26-28)38-16-8-10-22-45-38)31-13-4-3-12-30(31)41(33)27-17-19-39(46-25-27)37-15-7-9-21-44-37/h3-26,37,44H,1-2H3. The molecule has 3 aromatic heterocycles. The number of nitrogens with one attached hydrogen (secondary N) is 1. The van der Waals surface area contributed by atoms with Gasteiger partial charge in [-0.15, -0.1) is 0 Å². The van der Waals surface area contributed by atoms with Gasteiger partial charge in [-0.25, -0.2) is 0 Å². The van der Waals surface area contributed by atoms with E-state index in [1.54, 1.807) is 0 Å². The van der Waals surface area contributed by atoms with Crippen LogP contribution in [0.15, 0.2) is 146 Å². The molecule has 4 heterocycles. The van der Waals surface area contributed by atoms with Crippen molar-refractivity contribution in [1.29, 1.82) is 0 Å². The van der Waals surface area contributed by atoms with Crippen molar-refractivity contribution in [1.82, 2.24) is 20.3 Å². The molecule has 1 atom stereocenters. The Morgan fingerprint density at radius 2 is 1.28 bits per heavy atom. The molecule has 47 heavy (non-hydrogen) atoms. The van der Waals surface area contributed by atoms with Crippen molar-refractivity contribution in [3.63, 3.8) is 0 Å². The Labute approximate surface area is 274 Å². The average Bonchev–Trinajstić information content (AvgIpc) is 3.36. The third-order valence-corrected chi connectivity index (χ3v) is 9.89. The van der Waals surface area contributed by atoms with Gasteiger partial charge in [0.1, 0.15) is 0 Å². The van der Waals surface area contributed by atoms with E-state index in [9.17, 15) is 0 Å². The van der Waals surface area contributed by atoms with E-state index in [4.69, 9.17) is 9.97 Å². The molecule has 1 unspecified atom stereocenters. The van der Waals surface area contributed by atoms with Gasteiger partial charge in [0.2, 0.25) is 0 Å². The fourth-order valence-electron chi connectivity index (χ4n) is 7.57. The van der Waals surface area contributed by atoms with Gasteiger partial charge in [-0.1, -0.05) is 92.7 Å². The first-order valence-electron chi connectivity index (χ1n) is 16.1. The van der Waals surface area contributed by atoms with Crippen molar-refractivity contribution in [2.75, 3.05) is 0 Å². The van der Waals surface area contributed by atoms with Crippen LogP contribution < -0.4 is 5.32 Å². The van der Waals surface area contributed by atoms with Crippen LogP contribution in [0.25, 0.3) is 66.3 Å². The highest BCUT2D eigenvalue weighted by atomic mass is 14.9. The lowest BCUT2D eigenvalue weighted by Gasteiger charge is -2.24. The molecular formula is C43H32N4. The van der Waals surface area contributed by atoms with Crippen LogP contribution in [-0.4, -0.2) is 15.0 Å². The second-order valence-electron chi connectivity index (χ2n) is 12.9. The van der Waals surface area contributed by atoms with Crippen LogP contribution in [0.5, 0.6) is 0 Å². The summed E-state index contributed by atoms with van der Waals surface area (Å²) < 4.78 is 0. The number of aromatic nitrogens is 3. The summed E-state index contributed by atoms with van der Waals surface area (Å²) in [6, 6.07) is 37.2. The molecule has 0 radical (unpaired) electrons. The summed E-state index contributed by atoms with van der Waals surface area (Å²) in [6.07, 6.45) is 14.0. The van der Waals surface area contributed by atoms with Crippen molar-refractivity contribution in [2.24, 2.45) is 0 Å². The normalized spacial score (nSPS) is 15.8.